The summed E-state index contributed by atoms with van der Waals surface area (Å²) in [7, 11) is 0. The van der Waals surface area contributed by atoms with Crippen LogP contribution >= 0.6 is 0 Å². The summed E-state index contributed by atoms with van der Waals surface area (Å²) in [6.45, 7) is 5.59. The summed E-state index contributed by atoms with van der Waals surface area (Å²) in [4.78, 5) is 2.52. The molecule has 0 saturated heterocycles. The number of ether oxygens (including phenoxy) is 1. The summed E-state index contributed by atoms with van der Waals surface area (Å²) in [5.41, 5.74) is 10.9. The minimum absolute atomic E-state index is 0.317. The second-order valence-corrected chi connectivity index (χ2v) is 9.06. The number of phenolic OH excluding ortho intramolecular Hbond substituents is 1. The first-order valence-electron chi connectivity index (χ1n) is 11.6. The lowest BCUT2D eigenvalue weighted by atomic mass is 9.93. The normalized spacial score (nSPS) is 14.6. The molecular formula is C28H34N2O2. The van der Waals surface area contributed by atoms with Crippen molar-refractivity contribution >= 4 is 5.69 Å². The molecule has 4 rings (SSSR count). The molecule has 3 aromatic carbocycles. The Labute approximate surface area is 191 Å². The van der Waals surface area contributed by atoms with Gasteiger partial charge in [0, 0.05) is 30.4 Å². The third-order valence-electron chi connectivity index (χ3n) is 6.45. The summed E-state index contributed by atoms with van der Waals surface area (Å²) in [5, 5.41) is 10.7. The highest BCUT2D eigenvalue weighted by Gasteiger charge is 2.23. The molecule has 1 aliphatic rings. The zero-order valence-corrected chi connectivity index (χ0v) is 19.2. The average molecular weight is 431 g/mol. The average Bonchev–Trinajstić information content (AvgIpc) is 2.79. The molecule has 0 heterocycles. The Morgan fingerprint density at radius 3 is 2.28 bits per heavy atom. The van der Waals surface area contributed by atoms with E-state index in [1.165, 1.54) is 37.7 Å². The fraction of sp³-hybridized carbons (Fsp3) is 0.357. The maximum absolute atomic E-state index is 10.7. The molecule has 1 aliphatic carbocycles. The molecule has 32 heavy (non-hydrogen) atoms. The van der Waals surface area contributed by atoms with Crippen molar-refractivity contribution < 1.29 is 9.84 Å². The number of phenols is 1. The molecule has 4 heteroatoms. The predicted octanol–water partition coefficient (Wildman–Crippen LogP) is 6.72. The van der Waals surface area contributed by atoms with Crippen molar-refractivity contribution in [3.63, 3.8) is 0 Å². The molecule has 0 aromatic heterocycles. The number of hydrogen-bond donors (Lipinski definition) is 2. The third-order valence-corrected chi connectivity index (χ3v) is 6.45. The van der Waals surface area contributed by atoms with Crippen molar-refractivity contribution in [1.29, 1.82) is 0 Å². The van der Waals surface area contributed by atoms with Gasteiger partial charge in [-0.15, -0.1) is 0 Å². The van der Waals surface area contributed by atoms with Gasteiger partial charge in [-0.2, -0.15) is 0 Å². The van der Waals surface area contributed by atoms with Crippen molar-refractivity contribution in [3.05, 3.63) is 82.9 Å². The van der Waals surface area contributed by atoms with Crippen LogP contribution in [0.5, 0.6) is 17.2 Å². The molecule has 0 unspecified atom stereocenters. The lowest BCUT2D eigenvalue weighted by Gasteiger charge is -2.34. The minimum atomic E-state index is 0.317. The highest BCUT2D eigenvalue weighted by molar-refractivity contribution is 5.54. The molecular weight excluding hydrogens is 396 g/mol. The zero-order chi connectivity index (χ0) is 22.5. The second-order valence-electron chi connectivity index (χ2n) is 9.06. The number of benzene rings is 3. The number of rotatable bonds is 7. The van der Waals surface area contributed by atoms with Gasteiger partial charge in [0.15, 0.2) is 0 Å². The van der Waals surface area contributed by atoms with E-state index < -0.39 is 0 Å². The van der Waals surface area contributed by atoms with E-state index in [9.17, 15) is 5.11 Å². The maximum atomic E-state index is 10.7. The molecule has 0 aliphatic heterocycles. The highest BCUT2D eigenvalue weighted by Crippen LogP contribution is 2.34. The first kappa shape index (κ1) is 22.2. The molecule has 0 radical (unpaired) electrons. The van der Waals surface area contributed by atoms with Crippen LogP contribution in [0.2, 0.25) is 0 Å². The number of aromatic hydroxyl groups is 1. The number of nitrogens with zero attached hydrogens (tertiary/aromatic N) is 1. The van der Waals surface area contributed by atoms with Crippen molar-refractivity contribution in [1.82, 2.24) is 4.90 Å². The molecule has 0 spiro atoms. The van der Waals surface area contributed by atoms with E-state index in [0.717, 1.165) is 40.4 Å². The van der Waals surface area contributed by atoms with Crippen LogP contribution in [-0.2, 0) is 13.1 Å². The Hall–Kier alpha value is -2.98. The summed E-state index contributed by atoms with van der Waals surface area (Å²) in [5.74, 6) is 1.87. The largest absolute Gasteiger partial charge is 0.508 e. The molecule has 3 N–H and O–H groups in total. The van der Waals surface area contributed by atoms with Crippen LogP contribution in [0.1, 0.15) is 54.4 Å². The van der Waals surface area contributed by atoms with Gasteiger partial charge in [0.1, 0.15) is 17.2 Å². The van der Waals surface area contributed by atoms with Crippen molar-refractivity contribution in [2.75, 3.05) is 5.73 Å². The van der Waals surface area contributed by atoms with Gasteiger partial charge >= 0.3 is 0 Å². The van der Waals surface area contributed by atoms with Gasteiger partial charge in [-0.1, -0.05) is 49.6 Å². The zero-order valence-electron chi connectivity index (χ0n) is 19.2. The molecule has 4 nitrogen and oxygen atoms in total. The van der Waals surface area contributed by atoms with E-state index in [2.05, 4.69) is 35.2 Å². The number of hydrogen-bond acceptors (Lipinski definition) is 4. The van der Waals surface area contributed by atoms with Gasteiger partial charge in [0.2, 0.25) is 0 Å². The molecule has 0 atom stereocenters. The molecule has 1 fully saturated rings. The van der Waals surface area contributed by atoms with E-state index in [0.29, 0.717) is 18.3 Å². The van der Waals surface area contributed by atoms with E-state index >= 15 is 0 Å². The quantitative estimate of drug-likeness (QED) is 0.409. The van der Waals surface area contributed by atoms with Crippen LogP contribution in [0.15, 0.2) is 60.7 Å². The van der Waals surface area contributed by atoms with Crippen LogP contribution in [0, 0.1) is 13.8 Å². The Kier molecular flexibility index (Phi) is 7.01. The van der Waals surface area contributed by atoms with Crippen molar-refractivity contribution in [2.24, 2.45) is 0 Å². The molecule has 0 amide bonds. The SMILES string of the molecule is Cc1cc(N)cc(C)c1Oc1ccc(O)c(CN(Cc2ccccc2)C2CCCCC2)c1. The Balaban J connectivity index is 1.58. The first-order chi connectivity index (χ1) is 15.5. The Morgan fingerprint density at radius 2 is 1.59 bits per heavy atom. The van der Waals surface area contributed by atoms with Gasteiger partial charge in [-0.25, -0.2) is 0 Å². The van der Waals surface area contributed by atoms with Gasteiger partial charge in [-0.05, 0) is 73.7 Å². The third kappa shape index (κ3) is 5.43. The molecule has 1 saturated carbocycles. The summed E-state index contributed by atoms with van der Waals surface area (Å²) < 4.78 is 6.25. The van der Waals surface area contributed by atoms with Crippen LogP contribution < -0.4 is 10.5 Å². The van der Waals surface area contributed by atoms with Gasteiger partial charge in [0.05, 0.1) is 0 Å². The predicted molar refractivity (Wildman–Crippen MR) is 131 cm³/mol. The lowest BCUT2D eigenvalue weighted by Crippen LogP contribution is -2.35. The highest BCUT2D eigenvalue weighted by atomic mass is 16.5. The molecule has 168 valence electrons. The van der Waals surface area contributed by atoms with E-state index in [1.807, 2.05) is 38.1 Å². The number of nitrogen functional groups attached to an aromatic ring is 1. The van der Waals surface area contributed by atoms with E-state index in [-0.39, 0.29) is 0 Å². The summed E-state index contributed by atoms with van der Waals surface area (Å²) >= 11 is 0. The monoisotopic (exact) mass is 430 g/mol. The lowest BCUT2D eigenvalue weighted by molar-refractivity contribution is 0.138. The number of aryl methyl sites for hydroxylation is 2. The molecule has 3 aromatic rings. The number of anilines is 1. The topological polar surface area (TPSA) is 58.7 Å². The smallest absolute Gasteiger partial charge is 0.133 e. The van der Waals surface area contributed by atoms with Gasteiger partial charge in [-0.3, -0.25) is 4.90 Å². The van der Waals surface area contributed by atoms with Crippen LogP contribution in [0.4, 0.5) is 5.69 Å². The van der Waals surface area contributed by atoms with E-state index in [4.69, 9.17) is 10.5 Å². The fourth-order valence-corrected chi connectivity index (χ4v) is 4.81. The Morgan fingerprint density at radius 1 is 0.906 bits per heavy atom. The second kappa shape index (κ2) is 10.1. The first-order valence-corrected chi connectivity index (χ1v) is 11.6. The van der Waals surface area contributed by atoms with Gasteiger partial charge in [0.25, 0.3) is 0 Å². The standard InChI is InChI=1S/C28H34N2O2/c1-20-15-24(29)16-21(2)28(20)32-26-13-14-27(31)23(17-26)19-30(25-11-7-4-8-12-25)18-22-9-5-3-6-10-22/h3,5-6,9-10,13-17,25,31H,4,7-8,11-12,18-19,29H2,1-2H3. The van der Waals surface area contributed by atoms with Crippen molar-refractivity contribution in [3.8, 4) is 17.2 Å². The summed E-state index contributed by atoms with van der Waals surface area (Å²) in [6, 6.07) is 20.6. The molecule has 0 bridgehead atoms. The van der Waals surface area contributed by atoms with Crippen LogP contribution in [0.25, 0.3) is 0 Å². The maximum Gasteiger partial charge on any atom is 0.133 e. The fourth-order valence-electron chi connectivity index (χ4n) is 4.81. The van der Waals surface area contributed by atoms with Crippen LogP contribution in [0.3, 0.4) is 0 Å². The van der Waals surface area contributed by atoms with Crippen molar-refractivity contribution in [2.45, 2.75) is 65.1 Å². The number of nitrogens with two attached hydrogens (primary N) is 1. The minimum Gasteiger partial charge on any atom is -0.508 e. The van der Waals surface area contributed by atoms with Crippen LogP contribution in [-0.4, -0.2) is 16.0 Å². The summed E-state index contributed by atoms with van der Waals surface area (Å²) in [6.07, 6.45) is 6.31. The Bertz CT molecular complexity index is 1020. The van der Waals surface area contributed by atoms with Gasteiger partial charge < -0.3 is 15.6 Å². The van der Waals surface area contributed by atoms with E-state index in [1.54, 1.807) is 6.07 Å².